The van der Waals surface area contributed by atoms with Crippen LogP contribution in [-0.2, 0) is 0 Å². The molecule has 0 aromatic heterocycles. The second-order valence-electron chi connectivity index (χ2n) is 4.56. The van der Waals surface area contributed by atoms with Crippen molar-refractivity contribution in [1.82, 2.24) is 5.32 Å². The Morgan fingerprint density at radius 2 is 2.07 bits per heavy atom. The average molecular weight is 201 g/mol. The van der Waals surface area contributed by atoms with Crippen LogP contribution in [0.3, 0.4) is 0 Å². The van der Waals surface area contributed by atoms with Crippen LogP contribution in [0.25, 0.3) is 0 Å². The molecule has 3 heteroatoms. The number of rotatable bonds is 5. The molecule has 0 aromatic carbocycles. The summed E-state index contributed by atoms with van der Waals surface area (Å²) in [6.07, 6.45) is 4.41. The van der Waals surface area contributed by atoms with Crippen LogP contribution in [0, 0.1) is 11.8 Å². The van der Waals surface area contributed by atoms with Crippen molar-refractivity contribution in [2.45, 2.75) is 38.7 Å². The average Bonchev–Trinajstić information content (AvgIpc) is 2.20. The highest BCUT2D eigenvalue weighted by atomic mass is 16.3. The van der Waals surface area contributed by atoms with Gasteiger partial charge >= 0.3 is 0 Å². The van der Waals surface area contributed by atoms with Gasteiger partial charge in [0, 0.05) is 13.2 Å². The minimum Gasteiger partial charge on any atom is -0.396 e. The summed E-state index contributed by atoms with van der Waals surface area (Å²) in [7, 11) is 0. The molecule has 0 bridgehead atoms. The summed E-state index contributed by atoms with van der Waals surface area (Å²) in [4.78, 5) is 0. The Bertz CT molecular complexity index is 152. The van der Waals surface area contributed by atoms with E-state index in [-0.39, 0.29) is 12.7 Å². The number of aliphatic hydroxyl groups is 2. The number of nitrogens with one attached hydrogen (secondary N) is 1. The van der Waals surface area contributed by atoms with Gasteiger partial charge in [0.2, 0.25) is 0 Å². The fraction of sp³-hybridized carbons (Fsp3) is 1.00. The quantitative estimate of drug-likeness (QED) is 0.615. The van der Waals surface area contributed by atoms with Crippen molar-refractivity contribution in [3.8, 4) is 0 Å². The highest BCUT2D eigenvalue weighted by Crippen LogP contribution is 2.23. The maximum Gasteiger partial charge on any atom is 0.0580 e. The molecule has 1 fully saturated rings. The molecule has 1 saturated carbocycles. The summed E-state index contributed by atoms with van der Waals surface area (Å²) < 4.78 is 0. The lowest BCUT2D eigenvalue weighted by Crippen LogP contribution is -2.35. The highest BCUT2D eigenvalue weighted by molar-refractivity contribution is 4.76. The van der Waals surface area contributed by atoms with Gasteiger partial charge in [-0.1, -0.05) is 19.8 Å². The zero-order valence-electron chi connectivity index (χ0n) is 9.08. The van der Waals surface area contributed by atoms with E-state index in [1.165, 1.54) is 12.8 Å². The number of hydrogen-bond donors (Lipinski definition) is 3. The fourth-order valence-corrected chi connectivity index (χ4v) is 2.01. The van der Waals surface area contributed by atoms with Crippen LogP contribution in [0.15, 0.2) is 0 Å². The van der Waals surface area contributed by atoms with Crippen molar-refractivity contribution in [1.29, 1.82) is 0 Å². The Morgan fingerprint density at radius 1 is 1.36 bits per heavy atom. The summed E-state index contributed by atoms with van der Waals surface area (Å²) in [5.41, 5.74) is 0. The van der Waals surface area contributed by atoms with Gasteiger partial charge in [-0.25, -0.2) is 0 Å². The lowest BCUT2D eigenvalue weighted by Gasteiger charge is -2.28. The monoisotopic (exact) mass is 201 g/mol. The van der Waals surface area contributed by atoms with Crippen LogP contribution in [0.4, 0.5) is 0 Å². The standard InChI is InChI=1S/C11H23NO2/c1-9(8-13)6-12-7-10-4-2-3-5-11(10)14/h9-14H,2-8H2,1H3. The molecule has 0 saturated heterocycles. The summed E-state index contributed by atoms with van der Waals surface area (Å²) in [6.45, 7) is 4.00. The van der Waals surface area contributed by atoms with Crippen molar-refractivity contribution in [2.24, 2.45) is 11.8 Å². The van der Waals surface area contributed by atoms with Gasteiger partial charge in [-0.3, -0.25) is 0 Å². The van der Waals surface area contributed by atoms with E-state index in [1.54, 1.807) is 0 Å². The van der Waals surface area contributed by atoms with E-state index in [9.17, 15) is 5.11 Å². The lowest BCUT2D eigenvalue weighted by atomic mass is 9.86. The first kappa shape index (κ1) is 12.0. The van der Waals surface area contributed by atoms with Gasteiger partial charge in [0.05, 0.1) is 6.10 Å². The fourth-order valence-electron chi connectivity index (χ4n) is 2.01. The van der Waals surface area contributed by atoms with Crippen molar-refractivity contribution in [3.05, 3.63) is 0 Å². The predicted molar refractivity (Wildman–Crippen MR) is 57.1 cm³/mol. The Balaban J connectivity index is 2.10. The molecule has 3 N–H and O–H groups in total. The van der Waals surface area contributed by atoms with Gasteiger partial charge in [0.15, 0.2) is 0 Å². The van der Waals surface area contributed by atoms with E-state index in [1.807, 2.05) is 6.92 Å². The van der Waals surface area contributed by atoms with Crippen molar-refractivity contribution in [2.75, 3.05) is 19.7 Å². The van der Waals surface area contributed by atoms with Gasteiger partial charge in [0.25, 0.3) is 0 Å². The molecule has 0 heterocycles. The molecule has 0 spiro atoms. The second kappa shape index (κ2) is 6.38. The van der Waals surface area contributed by atoms with Gasteiger partial charge in [-0.2, -0.15) is 0 Å². The first-order valence-electron chi connectivity index (χ1n) is 5.73. The SMILES string of the molecule is CC(CO)CNCC1CCCCC1O. The van der Waals surface area contributed by atoms with Crippen LogP contribution in [-0.4, -0.2) is 36.0 Å². The molecule has 3 atom stereocenters. The maximum absolute atomic E-state index is 9.70. The Hall–Kier alpha value is -0.120. The van der Waals surface area contributed by atoms with E-state index in [0.29, 0.717) is 11.8 Å². The molecule has 1 rings (SSSR count). The minimum atomic E-state index is -0.110. The zero-order valence-corrected chi connectivity index (χ0v) is 9.08. The van der Waals surface area contributed by atoms with Crippen LogP contribution in [0.5, 0.6) is 0 Å². The third kappa shape index (κ3) is 3.95. The lowest BCUT2D eigenvalue weighted by molar-refractivity contribution is 0.0688. The first-order valence-corrected chi connectivity index (χ1v) is 5.73. The predicted octanol–water partition coefficient (Wildman–Crippen LogP) is 0.755. The second-order valence-corrected chi connectivity index (χ2v) is 4.56. The summed E-state index contributed by atoms with van der Waals surface area (Å²) >= 11 is 0. The normalized spacial score (nSPS) is 30.2. The van der Waals surface area contributed by atoms with Crippen LogP contribution in [0.1, 0.15) is 32.6 Å². The molecule has 84 valence electrons. The minimum absolute atomic E-state index is 0.110. The largest absolute Gasteiger partial charge is 0.396 e. The van der Waals surface area contributed by atoms with Crippen LogP contribution < -0.4 is 5.32 Å². The van der Waals surface area contributed by atoms with Gasteiger partial charge in [0.1, 0.15) is 0 Å². The molecule has 0 aromatic rings. The molecule has 3 unspecified atom stereocenters. The Labute approximate surface area is 86.5 Å². The Kier molecular flexibility index (Phi) is 5.45. The number of aliphatic hydroxyl groups excluding tert-OH is 2. The summed E-state index contributed by atoms with van der Waals surface area (Å²) in [5.74, 6) is 0.741. The third-order valence-corrected chi connectivity index (χ3v) is 3.08. The molecule has 1 aliphatic rings. The van der Waals surface area contributed by atoms with E-state index < -0.39 is 0 Å². The molecule has 0 radical (unpaired) electrons. The first-order chi connectivity index (χ1) is 6.74. The smallest absolute Gasteiger partial charge is 0.0580 e. The van der Waals surface area contributed by atoms with Gasteiger partial charge in [-0.05, 0) is 31.2 Å². The van der Waals surface area contributed by atoms with E-state index in [0.717, 1.165) is 25.9 Å². The van der Waals surface area contributed by atoms with Crippen LogP contribution in [0.2, 0.25) is 0 Å². The van der Waals surface area contributed by atoms with Crippen molar-refractivity contribution in [3.63, 3.8) is 0 Å². The highest BCUT2D eigenvalue weighted by Gasteiger charge is 2.22. The molecule has 1 aliphatic carbocycles. The van der Waals surface area contributed by atoms with Crippen molar-refractivity contribution < 1.29 is 10.2 Å². The molecule has 0 amide bonds. The van der Waals surface area contributed by atoms with Gasteiger partial charge in [-0.15, -0.1) is 0 Å². The Morgan fingerprint density at radius 3 is 2.71 bits per heavy atom. The van der Waals surface area contributed by atoms with E-state index in [2.05, 4.69) is 5.32 Å². The third-order valence-electron chi connectivity index (χ3n) is 3.08. The van der Waals surface area contributed by atoms with E-state index >= 15 is 0 Å². The van der Waals surface area contributed by atoms with Crippen molar-refractivity contribution >= 4 is 0 Å². The van der Waals surface area contributed by atoms with Gasteiger partial charge < -0.3 is 15.5 Å². The molecule has 14 heavy (non-hydrogen) atoms. The number of hydrogen-bond acceptors (Lipinski definition) is 3. The zero-order chi connectivity index (χ0) is 10.4. The topological polar surface area (TPSA) is 52.5 Å². The molecule has 0 aliphatic heterocycles. The molecular weight excluding hydrogens is 178 g/mol. The summed E-state index contributed by atoms with van der Waals surface area (Å²) in [6, 6.07) is 0. The van der Waals surface area contributed by atoms with Crippen LogP contribution >= 0.6 is 0 Å². The molecule has 3 nitrogen and oxygen atoms in total. The maximum atomic E-state index is 9.70. The molecular formula is C11H23NO2. The van der Waals surface area contributed by atoms with E-state index in [4.69, 9.17) is 5.11 Å². The summed E-state index contributed by atoms with van der Waals surface area (Å²) in [5, 5.41) is 21.9.